The minimum atomic E-state index is -0.452. The van der Waals surface area contributed by atoms with Crippen molar-refractivity contribution in [1.29, 1.82) is 0 Å². The van der Waals surface area contributed by atoms with Crippen LogP contribution >= 0.6 is 11.3 Å². The quantitative estimate of drug-likeness (QED) is 0.666. The maximum atomic E-state index is 9.11. The van der Waals surface area contributed by atoms with Crippen LogP contribution in [0.15, 0.2) is 42.7 Å². The highest BCUT2D eigenvalue weighted by atomic mass is 32.1. The molecule has 0 spiro atoms. The van der Waals surface area contributed by atoms with Crippen LogP contribution in [0.2, 0.25) is 0 Å². The molecule has 0 saturated heterocycles. The Bertz CT molecular complexity index is 804. The summed E-state index contributed by atoms with van der Waals surface area (Å²) >= 11 is 1.43. The first kappa shape index (κ1) is 15.5. The topological polar surface area (TPSA) is 97.0 Å². The molecular formula is C16H17N5OS. The highest BCUT2D eigenvalue weighted by Gasteiger charge is 2.12. The van der Waals surface area contributed by atoms with Crippen molar-refractivity contribution in [2.45, 2.75) is 13.0 Å². The molecule has 3 rings (SSSR count). The fraction of sp³-hybridized carbons (Fsp3) is 0.188. The van der Waals surface area contributed by atoms with Crippen LogP contribution in [0.4, 0.5) is 11.6 Å². The predicted molar refractivity (Wildman–Crippen MR) is 91.6 cm³/mol. The molecular weight excluding hydrogens is 310 g/mol. The molecule has 0 saturated carbocycles. The molecule has 1 unspecified atom stereocenters. The number of thiazole rings is 1. The van der Waals surface area contributed by atoms with Crippen LogP contribution in [0, 0.1) is 6.92 Å². The second kappa shape index (κ2) is 6.82. The van der Waals surface area contributed by atoms with Crippen molar-refractivity contribution in [3.63, 3.8) is 0 Å². The third-order valence-corrected chi connectivity index (χ3v) is 4.36. The Morgan fingerprint density at radius 3 is 2.91 bits per heavy atom. The highest BCUT2D eigenvalue weighted by molar-refractivity contribution is 7.15. The summed E-state index contributed by atoms with van der Waals surface area (Å²) in [4.78, 5) is 14.0. The van der Waals surface area contributed by atoms with Gasteiger partial charge in [-0.15, -0.1) is 11.3 Å². The smallest absolute Gasteiger partial charge is 0.132 e. The second-order valence-electron chi connectivity index (χ2n) is 5.10. The lowest BCUT2D eigenvalue weighted by Crippen LogP contribution is -2.13. The Morgan fingerprint density at radius 2 is 2.13 bits per heavy atom. The van der Waals surface area contributed by atoms with Crippen LogP contribution in [0.25, 0.3) is 10.6 Å². The van der Waals surface area contributed by atoms with Gasteiger partial charge in [-0.05, 0) is 36.8 Å². The summed E-state index contributed by atoms with van der Waals surface area (Å²) in [5, 5.41) is 13.0. The zero-order valence-electron chi connectivity index (χ0n) is 12.6. The Morgan fingerprint density at radius 1 is 1.26 bits per heavy atom. The van der Waals surface area contributed by atoms with Gasteiger partial charge in [0.15, 0.2) is 0 Å². The van der Waals surface area contributed by atoms with E-state index < -0.39 is 6.04 Å². The monoisotopic (exact) mass is 327 g/mol. The predicted octanol–water partition coefficient (Wildman–Crippen LogP) is 2.64. The average molecular weight is 327 g/mol. The number of aliphatic hydroxyl groups is 1. The largest absolute Gasteiger partial charge is 0.394 e. The number of nitrogens with zero attached hydrogens (tertiary/aromatic N) is 3. The van der Waals surface area contributed by atoms with Gasteiger partial charge >= 0.3 is 0 Å². The minimum Gasteiger partial charge on any atom is -0.394 e. The lowest BCUT2D eigenvalue weighted by atomic mass is 10.3. The summed E-state index contributed by atoms with van der Waals surface area (Å²) in [6.45, 7) is 1.89. The third kappa shape index (κ3) is 3.70. The van der Waals surface area contributed by atoms with Gasteiger partial charge in [0.1, 0.15) is 16.6 Å². The van der Waals surface area contributed by atoms with Crippen molar-refractivity contribution in [3.8, 4) is 10.6 Å². The van der Waals surface area contributed by atoms with Crippen molar-refractivity contribution in [3.05, 3.63) is 53.3 Å². The van der Waals surface area contributed by atoms with E-state index in [-0.39, 0.29) is 6.61 Å². The lowest BCUT2D eigenvalue weighted by Gasteiger charge is -2.06. The number of anilines is 2. The van der Waals surface area contributed by atoms with Crippen LogP contribution in [-0.4, -0.2) is 26.7 Å². The van der Waals surface area contributed by atoms with Crippen LogP contribution < -0.4 is 11.1 Å². The molecule has 6 nitrogen and oxygen atoms in total. The Hall–Kier alpha value is -2.35. The van der Waals surface area contributed by atoms with Gasteiger partial charge < -0.3 is 16.2 Å². The summed E-state index contributed by atoms with van der Waals surface area (Å²) in [6, 6.07) is 9.17. The normalized spacial score (nSPS) is 12.1. The van der Waals surface area contributed by atoms with E-state index in [1.54, 1.807) is 12.4 Å². The van der Waals surface area contributed by atoms with E-state index in [0.29, 0.717) is 10.8 Å². The van der Waals surface area contributed by atoms with Crippen LogP contribution in [0.3, 0.4) is 0 Å². The van der Waals surface area contributed by atoms with Gasteiger partial charge in [0, 0.05) is 12.4 Å². The Balaban J connectivity index is 1.83. The van der Waals surface area contributed by atoms with Gasteiger partial charge in [-0.1, -0.05) is 6.07 Å². The van der Waals surface area contributed by atoms with Gasteiger partial charge in [-0.25, -0.2) is 15.0 Å². The SMILES string of the molecule is Cc1ccnc(Nc2cccc(-c3cnc(C(N)CO)s3)n2)c1. The van der Waals surface area contributed by atoms with E-state index >= 15 is 0 Å². The Kier molecular flexibility index (Phi) is 4.61. The number of rotatable bonds is 5. The fourth-order valence-electron chi connectivity index (χ4n) is 2.03. The summed E-state index contributed by atoms with van der Waals surface area (Å²) in [7, 11) is 0. The maximum Gasteiger partial charge on any atom is 0.132 e. The number of aliphatic hydroxyl groups excluding tert-OH is 1. The zero-order valence-corrected chi connectivity index (χ0v) is 13.4. The fourth-order valence-corrected chi connectivity index (χ4v) is 2.91. The van der Waals surface area contributed by atoms with Crippen LogP contribution in [-0.2, 0) is 0 Å². The highest BCUT2D eigenvalue weighted by Crippen LogP contribution is 2.28. The van der Waals surface area contributed by atoms with E-state index in [2.05, 4.69) is 20.3 Å². The summed E-state index contributed by atoms with van der Waals surface area (Å²) in [6.07, 6.45) is 3.49. The van der Waals surface area contributed by atoms with Crippen molar-refractivity contribution in [1.82, 2.24) is 15.0 Å². The van der Waals surface area contributed by atoms with E-state index in [4.69, 9.17) is 10.8 Å². The number of aryl methyl sites for hydroxylation is 1. The van der Waals surface area contributed by atoms with E-state index in [0.717, 1.165) is 22.0 Å². The van der Waals surface area contributed by atoms with Crippen molar-refractivity contribution in [2.75, 3.05) is 11.9 Å². The molecule has 1 atom stereocenters. The molecule has 0 aromatic carbocycles. The first-order chi connectivity index (χ1) is 11.2. The number of pyridine rings is 2. The second-order valence-corrected chi connectivity index (χ2v) is 6.17. The zero-order chi connectivity index (χ0) is 16.2. The Labute approximate surface area is 138 Å². The maximum absolute atomic E-state index is 9.11. The molecule has 0 aliphatic heterocycles. The van der Waals surface area contributed by atoms with Gasteiger partial charge in [-0.3, -0.25) is 0 Å². The molecule has 0 amide bonds. The van der Waals surface area contributed by atoms with Gasteiger partial charge in [0.25, 0.3) is 0 Å². The molecule has 0 fully saturated rings. The molecule has 23 heavy (non-hydrogen) atoms. The molecule has 4 N–H and O–H groups in total. The molecule has 3 aromatic rings. The number of nitrogens with two attached hydrogens (primary N) is 1. The molecule has 0 aliphatic carbocycles. The average Bonchev–Trinajstić information content (AvgIpc) is 3.04. The minimum absolute atomic E-state index is 0.124. The summed E-state index contributed by atoms with van der Waals surface area (Å²) in [5.74, 6) is 1.46. The molecule has 118 valence electrons. The standard InChI is InChI=1S/C16H17N5OS/c1-10-5-6-18-15(7-10)21-14-4-2-3-12(20-14)13-8-19-16(23-13)11(17)9-22/h2-8,11,22H,9,17H2,1H3,(H,18,20,21). The molecule has 3 aromatic heterocycles. The van der Waals surface area contributed by atoms with Crippen molar-refractivity contribution in [2.24, 2.45) is 5.73 Å². The summed E-state index contributed by atoms with van der Waals surface area (Å²) in [5.41, 5.74) is 7.72. The number of aromatic nitrogens is 3. The third-order valence-electron chi connectivity index (χ3n) is 3.21. The molecule has 0 bridgehead atoms. The first-order valence-electron chi connectivity index (χ1n) is 7.15. The van der Waals surface area contributed by atoms with E-state index in [1.807, 2.05) is 37.3 Å². The lowest BCUT2D eigenvalue weighted by molar-refractivity contribution is 0.267. The molecule has 0 radical (unpaired) electrons. The number of nitrogens with one attached hydrogen (secondary N) is 1. The molecule has 7 heteroatoms. The molecule has 0 aliphatic rings. The van der Waals surface area contributed by atoms with Crippen molar-refractivity contribution >= 4 is 23.0 Å². The number of hydrogen-bond acceptors (Lipinski definition) is 7. The van der Waals surface area contributed by atoms with Crippen molar-refractivity contribution < 1.29 is 5.11 Å². The van der Waals surface area contributed by atoms with E-state index in [1.165, 1.54) is 11.3 Å². The van der Waals surface area contributed by atoms with Crippen LogP contribution in [0.5, 0.6) is 0 Å². The number of hydrogen-bond donors (Lipinski definition) is 3. The summed E-state index contributed by atoms with van der Waals surface area (Å²) < 4.78 is 0. The van der Waals surface area contributed by atoms with Crippen LogP contribution in [0.1, 0.15) is 16.6 Å². The van der Waals surface area contributed by atoms with E-state index in [9.17, 15) is 0 Å². The first-order valence-corrected chi connectivity index (χ1v) is 7.96. The van der Waals surface area contributed by atoms with Gasteiger partial charge in [-0.2, -0.15) is 0 Å². The van der Waals surface area contributed by atoms with Gasteiger partial charge in [0.05, 0.1) is 23.2 Å². The van der Waals surface area contributed by atoms with Gasteiger partial charge in [0.2, 0.25) is 0 Å². The molecule has 3 heterocycles.